The van der Waals surface area contributed by atoms with Crippen molar-refractivity contribution in [1.82, 2.24) is 10.6 Å². The molecule has 9 heteroatoms. The monoisotopic (exact) mass is 456 g/mol. The van der Waals surface area contributed by atoms with Gasteiger partial charge < -0.3 is 24.8 Å². The molecule has 0 aromatic heterocycles. The standard InChI is InChI=1S/C24H28N2O7/c27-15-19-7-1-2-9-21(19)17-33-24(30)26-12-6-14-31-13-5-11-25-23(29)18-32-22-10-4-3-8-20(22)16-28/h1-4,7-10,15-16H,5-6,11-14,17-18H2,(H,25,29)(H,26,30). The van der Waals surface area contributed by atoms with E-state index in [0.29, 0.717) is 67.9 Å². The van der Waals surface area contributed by atoms with E-state index >= 15 is 0 Å². The Labute approximate surface area is 192 Å². The minimum Gasteiger partial charge on any atom is -0.483 e. The lowest BCUT2D eigenvalue weighted by atomic mass is 10.1. The van der Waals surface area contributed by atoms with Crippen molar-refractivity contribution in [2.24, 2.45) is 0 Å². The van der Waals surface area contributed by atoms with Gasteiger partial charge in [0.25, 0.3) is 5.91 Å². The van der Waals surface area contributed by atoms with E-state index in [1.54, 1.807) is 48.5 Å². The molecule has 2 aromatic carbocycles. The summed E-state index contributed by atoms with van der Waals surface area (Å²) in [5.41, 5.74) is 1.53. The van der Waals surface area contributed by atoms with Crippen LogP contribution in [0.1, 0.15) is 39.1 Å². The van der Waals surface area contributed by atoms with Crippen LogP contribution in [0.3, 0.4) is 0 Å². The smallest absolute Gasteiger partial charge is 0.407 e. The van der Waals surface area contributed by atoms with Gasteiger partial charge in [-0.3, -0.25) is 14.4 Å². The average Bonchev–Trinajstić information content (AvgIpc) is 2.85. The Bertz CT molecular complexity index is 844. The van der Waals surface area contributed by atoms with E-state index in [2.05, 4.69) is 10.6 Å². The van der Waals surface area contributed by atoms with Crippen LogP contribution in [0.4, 0.5) is 4.79 Å². The van der Waals surface area contributed by atoms with Gasteiger partial charge in [-0.25, -0.2) is 4.79 Å². The molecule has 2 N–H and O–H groups in total. The first-order valence-electron chi connectivity index (χ1n) is 10.6. The molecular formula is C24H28N2O7. The molecule has 176 valence electrons. The average molecular weight is 456 g/mol. The second-order valence-corrected chi connectivity index (χ2v) is 6.93. The zero-order valence-electron chi connectivity index (χ0n) is 18.3. The van der Waals surface area contributed by atoms with Crippen molar-refractivity contribution in [2.75, 3.05) is 32.9 Å². The van der Waals surface area contributed by atoms with Crippen molar-refractivity contribution in [3.63, 3.8) is 0 Å². The molecule has 0 unspecified atom stereocenters. The van der Waals surface area contributed by atoms with Gasteiger partial charge in [-0.2, -0.15) is 0 Å². The van der Waals surface area contributed by atoms with Crippen LogP contribution in [0.25, 0.3) is 0 Å². The van der Waals surface area contributed by atoms with Crippen LogP contribution in [0.5, 0.6) is 5.75 Å². The molecule has 0 atom stereocenters. The number of aldehydes is 2. The fourth-order valence-corrected chi connectivity index (χ4v) is 2.75. The van der Waals surface area contributed by atoms with E-state index in [1.807, 2.05) is 0 Å². The predicted octanol–water partition coefficient (Wildman–Crippen LogP) is 2.53. The molecule has 0 saturated carbocycles. The fraction of sp³-hybridized carbons (Fsp3) is 0.333. The first-order chi connectivity index (χ1) is 16.1. The number of hydrogen-bond donors (Lipinski definition) is 2. The van der Waals surface area contributed by atoms with Gasteiger partial charge >= 0.3 is 6.09 Å². The highest BCUT2D eigenvalue weighted by Crippen LogP contribution is 2.15. The van der Waals surface area contributed by atoms with Gasteiger partial charge in [-0.15, -0.1) is 0 Å². The van der Waals surface area contributed by atoms with E-state index in [0.717, 1.165) is 6.29 Å². The van der Waals surface area contributed by atoms with Gasteiger partial charge in [-0.05, 0) is 30.5 Å². The van der Waals surface area contributed by atoms with Gasteiger partial charge in [0.15, 0.2) is 12.9 Å². The molecule has 2 rings (SSSR count). The number of hydrogen-bond acceptors (Lipinski definition) is 7. The fourth-order valence-electron chi connectivity index (χ4n) is 2.75. The molecular weight excluding hydrogens is 428 g/mol. The summed E-state index contributed by atoms with van der Waals surface area (Å²) in [4.78, 5) is 45.4. The summed E-state index contributed by atoms with van der Waals surface area (Å²) in [6.07, 6.45) is 2.08. The summed E-state index contributed by atoms with van der Waals surface area (Å²) >= 11 is 0. The maximum Gasteiger partial charge on any atom is 0.407 e. The Balaban J connectivity index is 1.44. The largest absolute Gasteiger partial charge is 0.483 e. The third kappa shape index (κ3) is 9.96. The summed E-state index contributed by atoms with van der Waals surface area (Å²) in [6, 6.07) is 13.6. The molecule has 2 amide bonds. The van der Waals surface area contributed by atoms with E-state index in [-0.39, 0.29) is 19.1 Å². The predicted molar refractivity (Wildman–Crippen MR) is 120 cm³/mol. The Morgan fingerprint density at radius 1 is 0.818 bits per heavy atom. The second kappa shape index (κ2) is 15.1. The number of alkyl carbamates (subject to hydrolysis) is 1. The molecule has 0 aliphatic heterocycles. The molecule has 0 heterocycles. The topological polar surface area (TPSA) is 120 Å². The number of ether oxygens (including phenoxy) is 3. The zero-order valence-corrected chi connectivity index (χ0v) is 18.3. The molecule has 0 spiro atoms. The lowest BCUT2D eigenvalue weighted by molar-refractivity contribution is -0.123. The second-order valence-electron chi connectivity index (χ2n) is 6.93. The van der Waals surface area contributed by atoms with Gasteiger partial charge in [0.05, 0.1) is 5.56 Å². The highest BCUT2D eigenvalue weighted by atomic mass is 16.5. The Hall–Kier alpha value is -3.72. The number of amides is 2. The Kier molecular flexibility index (Phi) is 11.7. The third-order valence-electron chi connectivity index (χ3n) is 4.47. The van der Waals surface area contributed by atoms with Crippen LogP contribution < -0.4 is 15.4 Å². The number of benzene rings is 2. The van der Waals surface area contributed by atoms with E-state index in [9.17, 15) is 19.2 Å². The number of rotatable bonds is 15. The first kappa shape index (κ1) is 25.5. The van der Waals surface area contributed by atoms with Crippen LogP contribution in [0.2, 0.25) is 0 Å². The quantitative estimate of drug-likeness (QED) is 0.312. The van der Waals surface area contributed by atoms with E-state index < -0.39 is 6.09 Å². The van der Waals surface area contributed by atoms with Crippen molar-refractivity contribution in [1.29, 1.82) is 0 Å². The summed E-state index contributed by atoms with van der Waals surface area (Å²) in [5.74, 6) is 0.0865. The number of para-hydroxylation sites is 1. The number of nitrogens with one attached hydrogen (secondary N) is 2. The molecule has 0 saturated heterocycles. The highest BCUT2D eigenvalue weighted by Gasteiger charge is 2.07. The van der Waals surface area contributed by atoms with Crippen molar-refractivity contribution in [2.45, 2.75) is 19.4 Å². The zero-order chi connectivity index (χ0) is 23.7. The maximum absolute atomic E-state index is 11.8. The van der Waals surface area contributed by atoms with Gasteiger partial charge in [0.1, 0.15) is 18.6 Å². The van der Waals surface area contributed by atoms with Crippen LogP contribution in [-0.2, 0) is 20.9 Å². The third-order valence-corrected chi connectivity index (χ3v) is 4.47. The minimum absolute atomic E-state index is 0.0254. The number of carbonyl (C=O) groups is 4. The van der Waals surface area contributed by atoms with Crippen LogP contribution in [0, 0.1) is 0 Å². The minimum atomic E-state index is -0.559. The maximum atomic E-state index is 11.8. The van der Waals surface area contributed by atoms with E-state index in [4.69, 9.17) is 14.2 Å². The van der Waals surface area contributed by atoms with Crippen molar-refractivity contribution < 1.29 is 33.4 Å². The molecule has 0 radical (unpaired) electrons. The summed E-state index contributed by atoms with van der Waals surface area (Å²) in [7, 11) is 0. The lowest BCUT2D eigenvalue weighted by Gasteiger charge is -2.10. The van der Waals surface area contributed by atoms with Crippen LogP contribution >= 0.6 is 0 Å². The molecule has 33 heavy (non-hydrogen) atoms. The van der Waals surface area contributed by atoms with Gasteiger partial charge in [0, 0.05) is 31.9 Å². The van der Waals surface area contributed by atoms with Gasteiger partial charge in [0.2, 0.25) is 0 Å². The van der Waals surface area contributed by atoms with Crippen molar-refractivity contribution in [3.05, 3.63) is 65.2 Å². The SMILES string of the molecule is O=Cc1ccccc1COC(=O)NCCCOCCCNC(=O)COc1ccccc1C=O. The lowest BCUT2D eigenvalue weighted by Crippen LogP contribution is -2.30. The van der Waals surface area contributed by atoms with Crippen LogP contribution in [0.15, 0.2) is 48.5 Å². The summed E-state index contributed by atoms with van der Waals surface area (Å²) < 4.78 is 15.9. The molecule has 0 bridgehead atoms. The molecule has 2 aromatic rings. The van der Waals surface area contributed by atoms with Gasteiger partial charge in [-0.1, -0.05) is 36.4 Å². The summed E-state index contributed by atoms with van der Waals surface area (Å²) in [6.45, 7) is 1.59. The highest BCUT2D eigenvalue weighted by molar-refractivity contribution is 5.80. The molecule has 9 nitrogen and oxygen atoms in total. The van der Waals surface area contributed by atoms with Crippen LogP contribution in [-0.4, -0.2) is 57.5 Å². The Morgan fingerprint density at radius 2 is 1.45 bits per heavy atom. The Morgan fingerprint density at radius 3 is 2.18 bits per heavy atom. The molecule has 0 aliphatic carbocycles. The molecule has 0 fully saturated rings. The van der Waals surface area contributed by atoms with Crippen molar-refractivity contribution >= 4 is 24.6 Å². The normalized spacial score (nSPS) is 10.2. The number of carbonyl (C=O) groups excluding carboxylic acids is 4. The van der Waals surface area contributed by atoms with Crippen molar-refractivity contribution in [3.8, 4) is 5.75 Å². The molecule has 0 aliphatic rings. The summed E-state index contributed by atoms with van der Waals surface area (Å²) in [5, 5.41) is 5.34. The first-order valence-corrected chi connectivity index (χ1v) is 10.6. The van der Waals surface area contributed by atoms with E-state index in [1.165, 1.54) is 0 Å².